The van der Waals surface area contributed by atoms with Gasteiger partial charge in [0.1, 0.15) is 6.07 Å². The Bertz CT molecular complexity index is 496. The van der Waals surface area contributed by atoms with E-state index in [0.29, 0.717) is 5.82 Å². The van der Waals surface area contributed by atoms with Crippen LogP contribution in [0, 0.1) is 11.3 Å². The predicted molar refractivity (Wildman–Crippen MR) is 49.8 cm³/mol. The lowest BCUT2D eigenvalue weighted by molar-refractivity contribution is 0.281. The Hall–Kier alpha value is -2.26. The van der Waals surface area contributed by atoms with E-state index in [1.54, 1.807) is 18.3 Å². The molecule has 74 valence electrons. The van der Waals surface area contributed by atoms with E-state index in [-0.39, 0.29) is 12.3 Å². The van der Waals surface area contributed by atoms with Crippen LogP contribution >= 0.6 is 0 Å². The Labute approximate surface area is 85.4 Å². The molecule has 0 aliphatic carbocycles. The minimum Gasteiger partial charge on any atom is -0.392 e. The first kappa shape index (κ1) is 9.30. The van der Waals surface area contributed by atoms with Crippen molar-refractivity contribution in [2.75, 3.05) is 0 Å². The molecule has 0 aliphatic heterocycles. The maximum absolute atomic E-state index is 8.82. The summed E-state index contributed by atoms with van der Waals surface area (Å²) in [7, 11) is 0. The standard InChI is InChI=1S/C9H7N5O/c10-3-8-5-14(13-12-8)9-2-1-7(6-15)4-11-9/h1-2,4-5,15H,6H2. The van der Waals surface area contributed by atoms with Crippen LogP contribution in [-0.2, 0) is 6.61 Å². The quantitative estimate of drug-likeness (QED) is 0.740. The van der Waals surface area contributed by atoms with E-state index in [9.17, 15) is 0 Å². The summed E-state index contributed by atoms with van der Waals surface area (Å²) in [6.07, 6.45) is 3.03. The number of aliphatic hydroxyl groups is 1. The minimum absolute atomic E-state index is 0.0475. The van der Waals surface area contributed by atoms with Gasteiger partial charge in [-0.25, -0.2) is 9.67 Å². The van der Waals surface area contributed by atoms with Gasteiger partial charge in [0, 0.05) is 6.20 Å². The van der Waals surface area contributed by atoms with Gasteiger partial charge >= 0.3 is 0 Å². The molecule has 0 amide bonds. The molecule has 0 saturated carbocycles. The number of aromatic nitrogens is 4. The van der Waals surface area contributed by atoms with E-state index in [1.165, 1.54) is 10.9 Å². The Morgan fingerprint density at radius 1 is 1.47 bits per heavy atom. The van der Waals surface area contributed by atoms with Crippen LogP contribution in [0.25, 0.3) is 5.82 Å². The fourth-order valence-electron chi connectivity index (χ4n) is 1.07. The molecule has 1 N–H and O–H groups in total. The lowest BCUT2D eigenvalue weighted by Gasteiger charge is -1.99. The van der Waals surface area contributed by atoms with Gasteiger partial charge in [0.25, 0.3) is 0 Å². The van der Waals surface area contributed by atoms with Gasteiger partial charge in [-0.2, -0.15) is 5.26 Å². The van der Waals surface area contributed by atoms with Crippen molar-refractivity contribution in [1.82, 2.24) is 20.0 Å². The van der Waals surface area contributed by atoms with Crippen LogP contribution in [0.4, 0.5) is 0 Å². The summed E-state index contributed by atoms with van der Waals surface area (Å²) in [4.78, 5) is 4.06. The highest BCUT2D eigenvalue weighted by Crippen LogP contribution is 2.04. The van der Waals surface area contributed by atoms with E-state index in [0.717, 1.165) is 5.56 Å². The first-order valence-electron chi connectivity index (χ1n) is 4.22. The third-order valence-electron chi connectivity index (χ3n) is 1.83. The Morgan fingerprint density at radius 3 is 2.87 bits per heavy atom. The van der Waals surface area contributed by atoms with Gasteiger partial charge in [-0.1, -0.05) is 11.3 Å². The molecule has 2 heterocycles. The second-order valence-corrected chi connectivity index (χ2v) is 2.84. The zero-order chi connectivity index (χ0) is 10.7. The smallest absolute Gasteiger partial charge is 0.183 e. The molecule has 0 aromatic carbocycles. The average molecular weight is 201 g/mol. The summed E-state index contributed by atoms with van der Waals surface area (Å²) in [5.41, 5.74) is 0.961. The molecule has 0 radical (unpaired) electrons. The largest absolute Gasteiger partial charge is 0.392 e. The highest BCUT2D eigenvalue weighted by molar-refractivity contribution is 5.26. The van der Waals surface area contributed by atoms with E-state index >= 15 is 0 Å². The minimum atomic E-state index is -0.0475. The van der Waals surface area contributed by atoms with Gasteiger partial charge in [-0.3, -0.25) is 0 Å². The van der Waals surface area contributed by atoms with Gasteiger partial charge in [0.2, 0.25) is 0 Å². The van der Waals surface area contributed by atoms with Gasteiger partial charge in [0.15, 0.2) is 11.5 Å². The molecular formula is C9H7N5O. The zero-order valence-electron chi connectivity index (χ0n) is 7.70. The van der Waals surface area contributed by atoms with Crippen LogP contribution < -0.4 is 0 Å². The second-order valence-electron chi connectivity index (χ2n) is 2.84. The lowest BCUT2D eigenvalue weighted by Crippen LogP contribution is -1.98. The number of hydrogen-bond donors (Lipinski definition) is 1. The predicted octanol–water partition coefficient (Wildman–Crippen LogP) is 0.0263. The Morgan fingerprint density at radius 2 is 2.33 bits per heavy atom. The van der Waals surface area contributed by atoms with E-state index in [2.05, 4.69) is 15.3 Å². The lowest BCUT2D eigenvalue weighted by atomic mass is 10.3. The molecule has 0 fully saturated rings. The summed E-state index contributed by atoms with van der Waals surface area (Å²) >= 11 is 0. The summed E-state index contributed by atoms with van der Waals surface area (Å²) in [5, 5.41) is 24.7. The number of hydrogen-bond acceptors (Lipinski definition) is 5. The maximum Gasteiger partial charge on any atom is 0.183 e. The molecular weight excluding hydrogens is 194 g/mol. The number of pyridine rings is 1. The van der Waals surface area contributed by atoms with Crippen LogP contribution in [0.3, 0.4) is 0 Å². The summed E-state index contributed by atoms with van der Waals surface area (Å²) < 4.78 is 1.40. The normalized spacial score (nSPS) is 9.87. The van der Waals surface area contributed by atoms with E-state index in [4.69, 9.17) is 10.4 Å². The monoisotopic (exact) mass is 201 g/mol. The fourth-order valence-corrected chi connectivity index (χ4v) is 1.07. The zero-order valence-corrected chi connectivity index (χ0v) is 7.70. The summed E-state index contributed by atoms with van der Waals surface area (Å²) in [5.74, 6) is 0.557. The Balaban J connectivity index is 2.33. The van der Waals surface area contributed by atoms with Gasteiger partial charge in [-0.15, -0.1) is 5.10 Å². The van der Waals surface area contributed by atoms with Crippen LogP contribution in [0.1, 0.15) is 11.3 Å². The molecule has 0 saturated heterocycles. The molecule has 15 heavy (non-hydrogen) atoms. The topological polar surface area (TPSA) is 87.6 Å². The van der Waals surface area contributed by atoms with Crippen molar-refractivity contribution >= 4 is 0 Å². The van der Waals surface area contributed by atoms with Crippen molar-refractivity contribution in [1.29, 1.82) is 5.26 Å². The van der Waals surface area contributed by atoms with Crippen molar-refractivity contribution in [3.63, 3.8) is 0 Å². The maximum atomic E-state index is 8.82. The van der Waals surface area contributed by atoms with Crippen molar-refractivity contribution in [3.05, 3.63) is 35.8 Å². The van der Waals surface area contributed by atoms with E-state index in [1.807, 2.05) is 6.07 Å². The molecule has 6 nitrogen and oxygen atoms in total. The fraction of sp³-hybridized carbons (Fsp3) is 0.111. The van der Waals surface area contributed by atoms with Crippen LogP contribution in [0.15, 0.2) is 24.5 Å². The van der Waals surface area contributed by atoms with Crippen LogP contribution in [0.5, 0.6) is 0 Å². The number of nitriles is 1. The molecule has 0 bridgehead atoms. The van der Waals surface area contributed by atoms with Crippen LogP contribution in [-0.4, -0.2) is 25.1 Å². The third-order valence-corrected chi connectivity index (χ3v) is 1.83. The number of aliphatic hydroxyl groups excluding tert-OH is 1. The SMILES string of the molecule is N#Cc1cn(-c2ccc(CO)cn2)nn1. The van der Waals surface area contributed by atoms with Crippen molar-refractivity contribution < 1.29 is 5.11 Å². The second kappa shape index (κ2) is 3.86. The number of rotatable bonds is 2. The molecule has 6 heteroatoms. The van der Waals surface area contributed by atoms with Crippen molar-refractivity contribution in [2.24, 2.45) is 0 Å². The molecule has 2 aromatic heterocycles. The first-order valence-corrected chi connectivity index (χ1v) is 4.22. The molecule has 0 atom stereocenters. The summed E-state index contributed by atoms with van der Waals surface area (Å²) in [6, 6.07) is 5.31. The van der Waals surface area contributed by atoms with Crippen molar-refractivity contribution in [2.45, 2.75) is 6.61 Å². The first-order chi connectivity index (χ1) is 7.33. The van der Waals surface area contributed by atoms with E-state index < -0.39 is 0 Å². The molecule has 2 aromatic rings. The molecule has 0 spiro atoms. The van der Waals surface area contributed by atoms with Gasteiger partial charge < -0.3 is 5.11 Å². The molecule has 2 rings (SSSR count). The molecule has 0 aliphatic rings. The third kappa shape index (κ3) is 1.82. The van der Waals surface area contributed by atoms with Crippen LogP contribution in [0.2, 0.25) is 0 Å². The molecule has 0 unspecified atom stereocenters. The van der Waals surface area contributed by atoms with Gasteiger partial charge in [0.05, 0.1) is 12.8 Å². The number of nitrogens with zero attached hydrogens (tertiary/aromatic N) is 5. The average Bonchev–Trinajstić information content (AvgIpc) is 2.78. The summed E-state index contributed by atoms with van der Waals surface area (Å²) in [6.45, 7) is -0.0475. The van der Waals surface area contributed by atoms with Gasteiger partial charge in [-0.05, 0) is 11.6 Å². The highest BCUT2D eigenvalue weighted by atomic mass is 16.3. The Kier molecular flexibility index (Phi) is 2.39. The highest BCUT2D eigenvalue weighted by Gasteiger charge is 2.02. The van der Waals surface area contributed by atoms with Crippen molar-refractivity contribution in [3.8, 4) is 11.9 Å².